The maximum atomic E-state index is 6.05. The van der Waals surface area contributed by atoms with E-state index in [0.717, 1.165) is 24.8 Å². The number of benzene rings is 2. The predicted molar refractivity (Wildman–Crippen MR) is 90.8 cm³/mol. The highest BCUT2D eigenvalue weighted by molar-refractivity contribution is 6.42. The third-order valence-corrected chi connectivity index (χ3v) is 4.35. The zero-order valence-corrected chi connectivity index (χ0v) is 13.6. The van der Waals surface area contributed by atoms with Crippen LogP contribution >= 0.6 is 23.2 Å². The fourth-order valence-electron chi connectivity index (χ4n) is 2.34. The summed E-state index contributed by atoms with van der Waals surface area (Å²) in [7, 11) is 0. The highest BCUT2D eigenvalue weighted by Crippen LogP contribution is 2.23. The van der Waals surface area contributed by atoms with E-state index < -0.39 is 0 Å². The second-order valence-electron chi connectivity index (χ2n) is 5.19. The van der Waals surface area contributed by atoms with E-state index in [1.807, 2.05) is 18.2 Å². The van der Waals surface area contributed by atoms with E-state index >= 15 is 0 Å². The van der Waals surface area contributed by atoms with Crippen LogP contribution in [-0.4, -0.2) is 6.04 Å². The van der Waals surface area contributed by atoms with Gasteiger partial charge in [0.05, 0.1) is 10.0 Å². The van der Waals surface area contributed by atoms with Gasteiger partial charge in [-0.15, -0.1) is 0 Å². The molecule has 0 bridgehead atoms. The fourth-order valence-corrected chi connectivity index (χ4v) is 2.66. The second kappa shape index (κ2) is 7.81. The molecule has 2 nitrogen and oxygen atoms in total. The van der Waals surface area contributed by atoms with Gasteiger partial charge in [0.2, 0.25) is 0 Å². The van der Waals surface area contributed by atoms with Gasteiger partial charge in [-0.25, -0.2) is 0 Å². The Labute approximate surface area is 136 Å². The molecule has 0 saturated carbocycles. The van der Waals surface area contributed by atoms with Crippen molar-refractivity contribution in [2.75, 3.05) is 0 Å². The third-order valence-electron chi connectivity index (χ3n) is 3.62. The number of hydrazine groups is 1. The number of hydrogen-bond donors (Lipinski definition) is 2. The smallest absolute Gasteiger partial charge is 0.0595 e. The van der Waals surface area contributed by atoms with Crippen molar-refractivity contribution in [3.63, 3.8) is 0 Å². The highest BCUT2D eigenvalue weighted by Gasteiger charge is 2.10. The van der Waals surface area contributed by atoms with Crippen LogP contribution in [0.5, 0.6) is 0 Å². The predicted octanol–water partition coefficient (Wildman–Crippen LogP) is 4.17. The third kappa shape index (κ3) is 4.72. The Balaban J connectivity index is 2.03. The average molecular weight is 323 g/mol. The van der Waals surface area contributed by atoms with Gasteiger partial charge in [-0.2, -0.15) is 0 Å². The summed E-state index contributed by atoms with van der Waals surface area (Å²) in [5, 5.41) is 1.16. The Hall–Kier alpha value is -1.06. The van der Waals surface area contributed by atoms with Crippen molar-refractivity contribution in [1.82, 2.24) is 5.43 Å². The molecule has 0 aliphatic heterocycles. The molecular formula is C17H20Cl2N2. The molecule has 2 aromatic rings. The van der Waals surface area contributed by atoms with E-state index in [-0.39, 0.29) is 6.04 Å². The van der Waals surface area contributed by atoms with Crippen molar-refractivity contribution in [1.29, 1.82) is 0 Å². The van der Waals surface area contributed by atoms with Crippen LogP contribution in [-0.2, 0) is 19.3 Å². The van der Waals surface area contributed by atoms with Gasteiger partial charge < -0.3 is 0 Å². The zero-order valence-electron chi connectivity index (χ0n) is 12.1. The van der Waals surface area contributed by atoms with Crippen LogP contribution in [0.1, 0.15) is 23.6 Å². The lowest BCUT2D eigenvalue weighted by molar-refractivity contribution is 0.522. The standard InChI is InChI=1S/C17H20Cl2N2/c1-2-12-3-5-13(6-4-12)9-15(21-20)10-14-7-8-16(18)17(19)11-14/h3-8,11,15,21H,2,9-10,20H2,1H3. The summed E-state index contributed by atoms with van der Waals surface area (Å²) in [6, 6.07) is 14.5. The molecule has 2 aromatic carbocycles. The van der Waals surface area contributed by atoms with Gasteiger partial charge >= 0.3 is 0 Å². The lowest BCUT2D eigenvalue weighted by Gasteiger charge is -2.16. The van der Waals surface area contributed by atoms with Crippen LogP contribution in [0.2, 0.25) is 10.0 Å². The van der Waals surface area contributed by atoms with Gasteiger partial charge in [-0.3, -0.25) is 11.3 Å². The van der Waals surface area contributed by atoms with Crippen LogP contribution in [0.4, 0.5) is 0 Å². The monoisotopic (exact) mass is 322 g/mol. The summed E-state index contributed by atoms with van der Waals surface area (Å²) in [5.74, 6) is 5.68. The molecule has 21 heavy (non-hydrogen) atoms. The summed E-state index contributed by atoms with van der Waals surface area (Å²) >= 11 is 12.0. The number of hydrogen-bond acceptors (Lipinski definition) is 2. The summed E-state index contributed by atoms with van der Waals surface area (Å²) < 4.78 is 0. The van der Waals surface area contributed by atoms with Crippen LogP contribution < -0.4 is 11.3 Å². The van der Waals surface area contributed by atoms with E-state index in [4.69, 9.17) is 29.0 Å². The van der Waals surface area contributed by atoms with E-state index in [2.05, 4.69) is 36.6 Å². The quantitative estimate of drug-likeness (QED) is 0.618. The molecule has 0 heterocycles. The van der Waals surface area contributed by atoms with Gasteiger partial charge in [-0.05, 0) is 48.1 Å². The van der Waals surface area contributed by atoms with Gasteiger partial charge in [-0.1, -0.05) is 60.5 Å². The van der Waals surface area contributed by atoms with Crippen LogP contribution in [0.15, 0.2) is 42.5 Å². The molecule has 0 aliphatic rings. The molecule has 0 amide bonds. The van der Waals surface area contributed by atoms with Crippen molar-refractivity contribution in [3.8, 4) is 0 Å². The minimum absolute atomic E-state index is 0.162. The van der Waals surface area contributed by atoms with Gasteiger partial charge in [0.25, 0.3) is 0 Å². The lowest BCUT2D eigenvalue weighted by Crippen LogP contribution is -2.38. The summed E-state index contributed by atoms with van der Waals surface area (Å²) in [6.07, 6.45) is 2.74. The molecule has 0 aliphatic carbocycles. The highest BCUT2D eigenvalue weighted by atomic mass is 35.5. The van der Waals surface area contributed by atoms with Crippen molar-refractivity contribution in [2.45, 2.75) is 32.2 Å². The maximum absolute atomic E-state index is 6.05. The number of nitrogens with two attached hydrogens (primary N) is 1. The van der Waals surface area contributed by atoms with Crippen molar-refractivity contribution < 1.29 is 0 Å². The first kappa shape index (κ1) is 16.3. The summed E-state index contributed by atoms with van der Waals surface area (Å²) in [6.45, 7) is 2.16. The fraction of sp³-hybridized carbons (Fsp3) is 0.294. The molecule has 0 aromatic heterocycles. The summed E-state index contributed by atoms with van der Waals surface area (Å²) in [5.41, 5.74) is 6.63. The number of halogens is 2. The summed E-state index contributed by atoms with van der Waals surface area (Å²) in [4.78, 5) is 0. The molecule has 0 fully saturated rings. The molecule has 1 atom stereocenters. The normalized spacial score (nSPS) is 12.4. The maximum Gasteiger partial charge on any atom is 0.0595 e. The average Bonchev–Trinajstić information content (AvgIpc) is 2.51. The molecule has 0 radical (unpaired) electrons. The van der Waals surface area contributed by atoms with E-state index in [1.54, 1.807) is 0 Å². The second-order valence-corrected chi connectivity index (χ2v) is 6.00. The largest absolute Gasteiger partial charge is 0.271 e. The first-order chi connectivity index (χ1) is 10.1. The molecule has 3 N–H and O–H groups in total. The van der Waals surface area contributed by atoms with Gasteiger partial charge in [0.15, 0.2) is 0 Å². The topological polar surface area (TPSA) is 38.0 Å². The van der Waals surface area contributed by atoms with Crippen LogP contribution in [0.25, 0.3) is 0 Å². The Morgan fingerprint density at radius 1 is 0.905 bits per heavy atom. The molecular weight excluding hydrogens is 303 g/mol. The van der Waals surface area contributed by atoms with Crippen molar-refractivity contribution >= 4 is 23.2 Å². The molecule has 112 valence electrons. The molecule has 0 saturated heterocycles. The Bertz CT molecular complexity index is 582. The van der Waals surface area contributed by atoms with Crippen LogP contribution in [0, 0.1) is 0 Å². The van der Waals surface area contributed by atoms with Crippen molar-refractivity contribution in [3.05, 3.63) is 69.2 Å². The number of rotatable bonds is 6. The van der Waals surface area contributed by atoms with E-state index in [1.165, 1.54) is 11.1 Å². The van der Waals surface area contributed by atoms with E-state index in [9.17, 15) is 0 Å². The first-order valence-electron chi connectivity index (χ1n) is 7.10. The Morgan fingerprint density at radius 3 is 2.05 bits per heavy atom. The zero-order chi connectivity index (χ0) is 15.2. The SMILES string of the molecule is CCc1ccc(CC(Cc2ccc(Cl)c(Cl)c2)NN)cc1. The molecule has 0 spiro atoms. The number of nitrogens with one attached hydrogen (secondary N) is 1. The molecule has 1 unspecified atom stereocenters. The van der Waals surface area contributed by atoms with Crippen molar-refractivity contribution in [2.24, 2.45) is 5.84 Å². The Kier molecular flexibility index (Phi) is 6.07. The minimum atomic E-state index is 0.162. The number of aryl methyl sites for hydroxylation is 1. The minimum Gasteiger partial charge on any atom is -0.271 e. The first-order valence-corrected chi connectivity index (χ1v) is 7.85. The lowest BCUT2D eigenvalue weighted by atomic mass is 9.98. The molecule has 4 heteroatoms. The van der Waals surface area contributed by atoms with Gasteiger partial charge in [0.1, 0.15) is 0 Å². The van der Waals surface area contributed by atoms with Gasteiger partial charge in [0, 0.05) is 6.04 Å². The molecule has 2 rings (SSSR count). The van der Waals surface area contributed by atoms with E-state index in [0.29, 0.717) is 10.0 Å². The van der Waals surface area contributed by atoms with Crippen LogP contribution in [0.3, 0.4) is 0 Å². The Morgan fingerprint density at radius 2 is 1.48 bits per heavy atom.